The van der Waals surface area contributed by atoms with Crippen LogP contribution in [0.2, 0.25) is 0 Å². The lowest BCUT2D eigenvalue weighted by Gasteiger charge is -2.23. The molecule has 134 valence electrons. The number of rotatable bonds is 10. The molecular formula is C19H26Br2O3. The van der Waals surface area contributed by atoms with Gasteiger partial charge in [-0.15, -0.1) is 0 Å². The normalized spacial score (nSPS) is 12.2. The summed E-state index contributed by atoms with van der Waals surface area (Å²) < 4.78 is 7.93. The average molecular weight is 462 g/mol. The van der Waals surface area contributed by atoms with Gasteiger partial charge in [-0.1, -0.05) is 62.5 Å². The number of carboxylic acid groups (broad SMARTS) is 1. The van der Waals surface area contributed by atoms with Gasteiger partial charge in [0.1, 0.15) is 11.9 Å². The number of halogens is 2. The molecule has 0 fully saturated rings. The maximum Gasteiger partial charge on any atom is 0.334 e. The molecule has 3 nitrogen and oxygen atoms in total. The third-order valence-corrected chi connectivity index (χ3v) is 4.95. The highest BCUT2D eigenvalue weighted by molar-refractivity contribution is 9.11. The first-order chi connectivity index (χ1) is 11.3. The Kier molecular flexibility index (Phi) is 9.06. The number of carboxylic acids is 1. The number of aliphatic carboxylic acids is 1. The molecule has 1 N–H and O–H groups in total. The zero-order valence-corrected chi connectivity index (χ0v) is 17.7. The fourth-order valence-electron chi connectivity index (χ4n) is 2.47. The summed E-state index contributed by atoms with van der Waals surface area (Å²) in [5.41, 5.74) is 1.14. The zero-order valence-electron chi connectivity index (χ0n) is 14.6. The standard InChI is InChI=1S/C19H26Br2O3/c1-5-6-7-8-9-17(13(4)19(22)23)24-18-15(12(2)3)10-14(20)11-16(18)21/h10-12,17H,4-9H2,1-3H3,(H,22,23). The quantitative estimate of drug-likeness (QED) is 0.311. The summed E-state index contributed by atoms with van der Waals surface area (Å²) in [6.45, 7) is 10.0. The molecule has 0 aromatic heterocycles. The first-order valence-corrected chi connectivity index (χ1v) is 9.94. The van der Waals surface area contributed by atoms with E-state index >= 15 is 0 Å². The van der Waals surface area contributed by atoms with Crippen molar-refractivity contribution in [3.05, 3.63) is 38.8 Å². The van der Waals surface area contributed by atoms with Crippen LogP contribution in [0.25, 0.3) is 0 Å². The zero-order chi connectivity index (χ0) is 18.3. The molecule has 0 bridgehead atoms. The number of ether oxygens (including phenoxy) is 1. The van der Waals surface area contributed by atoms with Gasteiger partial charge < -0.3 is 9.84 Å². The Hall–Kier alpha value is -0.810. The molecule has 24 heavy (non-hydrogen) atoms. The van der Waals surface area contributed by atoms with Crippen molar-refractivity contribution in [1.29, 1.82) is 0 Å². The first-order valence-electron chi connectivity index (χ1n) is 8.35. The number of hydrogen-bond donors (Lipinski definition) is 1. The summed E-state index contributed by atoms with van der Waals surface area (Å²) >= 11 is 7.04. The van der Waals surface area contributed by atoms with E-state index in [1.165, 1.54) is 0 Å². The van der Waals surface area contributed by atoms with Crippen molar-refractivity contribution in [3.63, 3.8) is 0 Å². The average Bonchev–Trinajstić information content (AvgIpc) is 2.50. The number of carbonyl (C=O) groups is 1. The molecule has 1 unspecified atom stereocenters. The Bertz CT molecular complexity index is 582. The van der Waals surface area contributed by atoms with Crippen LogP contribution in [0.4, 0.5) is 0 Å². The van der Waals surface area contributed by atoms with Crippen molar-refractivity contribution in [2.45, 2.75) is 64.9 Å². The second-order valence-corrected chi connectivity index (χ2v) is 8.02. The minimum atomic E-state index is -1.00. The summed E-state index contributed by atoms with van der Waals surface area (Å²) in [7, 11) is 0. The van der Waals surface area contributed by atoms with Crippen LogP contribution in [0.1, 0.15) is 64.4 Å². The highest BCUT2D eigenvalue weighted by Gasteiger charge is 2.23. The minimum Gasteiger partial charge on any atom is -0.484 e. The smallest absolute Gasteiger partial charge is 0.334 e. The molecule has 1 rings (SSSR count). The van der Waals surface area contributed by atoms with E-state index in [2.05, 4.69) is 59.2 Å². The highest BCUT2D eigenvalue weighted by Crippen LogP contribution is 2.38. The van der Waals surface area contributed by atoms with Gasteiger partial charge in [-0.25, -0.2) is 4.79 Å². The summed E-state index contributed by atoms with van der Waals surface area (Å²) in [4.78, 5) is 11.4. The highest BCUT2D eigenvalue weighted by atomic mass is 79.9. The fourth-order valence-corrected chi connectivity index (χ4v) is 3.83. The maximum atomic E-state index is 11.4. The van der Waals surface area contributed by atoms with Crippen LogP contribution in [-0.2, 0) is 4.79 Å². The van der Waals surface area contributed by atoms with Gasteiger partial charge in [0.05, 0.1) is 10.0 Å². The number of hydrogen-bond acceptors (Lipinski definition) is 2. The van der Waals surface area contributed by atoms with Gasteiger partial charge in [0, 0.05) is 4.47 Å². The molecule has 0 aliphatic rings. The van der Waals surface area contributed by atoms with E-state index in [1.807, 2.05) is 12.1 Å². The van der Waals surface area contributed by atoms with Crippen LogP contribution in [0.3, 0.4) is 0 Å². The van der Waals surface area contributed by atoms with E-state index < -0.39 is 12.1 Å². The largest absolute Gasteiger partial charge is 0.484 e. The Morgan fingerprint density at radius 1 is 1.25 bits per heavy atom. The summed E-state index contributed by atoms with van der Waals surface area (Å²) in [5, 5.41) is 9.33. The Morgan fingerprint density at radius 2 is 1.92 bits per heavy atom. The van der Waals surface area contributed by atoms with Crippen LogP contribution in [0.15, 0.2) is 33.2 Å². The van der Waals surface area contributed by atoms with Crippen molar-refractivity contribution in [1.82, 2.24) is 0 Å². The van der Waals surface area contributed by atoms with Crippen LogP contribution in [-0.4, -0.2) is 17.2 Å². The summed E-state index contributed by atoms with van der Waals surface area (Å²) in [5.74, 6) is -0.0430. The summed E-state index contributed by atoms with van der Waals surface area (Å²) in [6.07, 6.45) is 4.42. The predicted molar refractivity (Wildman–Crippen MR) is 106 cm³/mol. The van der Waals surface area contributed by atoms with Crippen molar-refractivity contribution in [2.75, 3.05) is 0 Å². The third kappa shape index (κ3) is 6.25. The predicted octanol–water partition coefficient (Wildman–Crippen LogP) is 6.69. The number of unbranched alkanes of at least 4 members (excludes halogenated alkanes) is 3. The third-order valence-electron chi connectivity index (χ3n) is 3.90. The molecule has 0 aliphatic heterocycles. The molecular weight excluding hydrogens is 436 g/mol. The lowest BCUT2D eigenvalue weighted by atomic mass is 10.0. The molecule has 0 heterocycles. The van der Waals surface area contributed by atoms with Crippen molar-refractivity contribution in [2.24, 2.45) is 0 Å². The Balaban J connectivity index is 3.05. The van der Waals surface area contributed by atoms with Gasteiger partial charge in [-0.05, 0) is 52.4 Å². The van der Waals surface area contributed by atoms with Gasteiger partial charge in [0.2, 0.25) is 0 Å². The van der Waals surface area contributed by atoms with E-state index in [1.54, 1.807) is 0 Å². The Morgan fingerprint density at radius 3 is 2.46 bits per heavy atom. The molecule has 1 atom stereocenters. The van der Waals surface area contributed by atoms with Crippen LogP contribution < -0.4 is 4.74 Å². The maximum absolute atomic E-state index is 11.4. The van der Waals surface area contributed by atoms with Crippen LogP contribution >= 0.6 is 31.9 Å². The van der Waals surface area contributed by atoms with Gasteiger partial charge in [-0.2, -0.15) is 0 Å². The molecule has 1 aromatic carbocycles. The van der Waals surface area contributed by atoms with Crippen molar-refractivity contribution in [3.8, 4) is 5.75 Å². The Labute approximate surface area is 161 Å². The van der Waals surface area contributed by atoms with Crippen LogP contribution in [0.5, 0.6) is 5.75 Å². The SMILES string of the molecule is C=C(C(=O)O)C(CCCCCC)Oc1c(Br)cc(Br)cc1C(C)C. The first kappa shape index (κ1) is 21.2. The fraction of sp³-hybridized carbons (Fsp3) is 0.526. The van der Waals surface area contributed by atoms with E-state index in [0.29, 0.717) is 12.2 Å². The van der Waals surface area contributed by atoms with E-state index in [-0.39, 0.29) is 11.5 Å². The monoisotopic (exact) mass is 460 g/mol. The van der Waals surface area contributed by atoms with Gasteiger partial charge in [0.15, 0.2) is 0 Å². The molecule has 0 spiro atoms. The number of benzene rings is 1. The molecule has 0 radical (unpaired) electrons. The molecule has 0 amide bonds. The van der Waals surface area contributed by atoms with Gasteiger partial charge >= 0.3 is 5.97 Å². The molecule has 1 aromatic rings. The minimum absolute atomic E-state index is 0.107. The van der Waals surface area contributed by atoms with Crippen molar-refractivity contribution >= 4 is 37.8 Å². The summed E-state index contributed by atoms with van der Waals surface area (Å²) in [6, 6.07) is 3.93. The van der Waals surface area contributed by atoms with E-state index in [9.17, 15) is 9.90 Å². The van der Waals surface area contributed by atoms with E-state index in [4.69, 9.17) is 4.74 Å². The topological polar surface area (TPSA) is 46.5 Å². The van der Waals surface area contributed by atoms with Gasteiger partial charge in [-0.3, -0.25) is 0 Å². The molecule has 0 saturated carbocycles. The lowest BCUT2D eigenvalue weighted by Crippen LogP contribution is -2.24. The van der Waals surface area contributed by atoms with E-state index in [0.717, 1.165) is 40.2 Å². The lowest BCUT2D eigenvalue weighted by molar-refractivity contribution is -0.133. The van der Waals surface area contributed by atoms with Gasteiger partial charge in [0.25, 0.3) is 0 Å². The molecule has 0 saturated heterocycles. The molecule has 0 aliphatic carbocycles. The van der Waals surface area contributed by atoms with Crippen molar-refractivity contribution < 1.29 is 14.6 Å². The second kappa shape index (κ2) is 10.2. The second-order valence-electron chi connectivity index (χ2n) is 6.25. The van der Waals surface area contributed by atoms with Crippen LogP contribution in [0, 0.1) is 0 Å². The molecule has 5 heteroatoms.